The highest BCUT2D eigenvalue weighted by Gasteiger charge is 2.08. The summed E-state index contributed by atoms with van der Waals surface area (Å²) in [6, 6.07) is 7.04. The molecule has 0 unspecified atom stereocenters. The van der Waals surface area contributed by atoms with E-state index in [0.29, 0.717) is 16.7 Å². The zero-order valence-corrected chi connectivity index (χ0v) is 12.3. The number of imidazole rings is 1. The molecule has 0 spiro atoms. The van der Waals surface area contributed by atoms with Crippen LogP contribution in [-0.4, -0.2) is 32.3 Å². The number of hydrogen-bond acceptors (Lipinski definition) is 5. The van der Waals surface area contributed by atoms with Crippen molar-refractivity contribution in [2.24, 2.45) is 0 Å². The molecule has 0 aliphatic rings. The number of ketones is 1. The van der Waals surface area contributed by atoms with Crippen LogP contribution >= 0.6 is 15.9 Å². The summed E-state index contributed by atoms with van der Waals surface area (Å²) in [6.07, 6.45) is 1.39. The summed E-state index contributed by atoms with van der Waals surface area (Å²) >= 11 is 3.31. The predicted octanol–water partition coefficient (Wildman–Crippen LogP) is 1.70. The molecule has 3 aromatic rings. The molecule has 1 aromatic carbocycles. The van der Waals surface area contributed by atoms with Gasteiger partial charge in [-0.2, -0.15) is 4.98 Å². The van der Waals surface area contributed by atoms with E-state index in [-0.39, 0.29) is 23.8 Å². The molecule has 106 valence electrons. The van der Waals surface area contributed by atoms with Crippen LogP contribution in [0.4, 0.5) is 5.95 Å². The number of rotatable bonds is 4. The summed E-state index contributed by atoms with van der Waals surface area (Å²) in [5.74, 6) is 0.109. The van der Waals surface area contributed by atoms with Crippen molar-refractivity contribution in [3.05, 3.63) is 51.0 Å². The minimum absolute atomic E-state index is 0.0283. The molecule has 0 saturated heterocycles. The maximum atomic E-state index is 12.0. The topological polar surface area (TPSA) is 104 Å². The summed E-state index contributed by atoms with van der Waals surface area (Å²) < 4.78 is 0.905. The van der Waals surface area contributed by atoms with Gasteiger partial charge in [0.25, 0.3) is 5.56 Å². The monoisotopic (exact) mass is 347 g/mol. The number of benzene rings is 1. The van der Waals surface area contributed by atoms with E-state index < -0.39 is 0 Å². The second kappa shape index (κ2) is 5.49. The van der Waals surface area contributed by atoms with Crippen molar-refractivity contribution in [3.8, 4) is 0 Å². The first kappa shape index (κ1) is 13.5. The molecule has 0 saturated carbocycles. The van der Waals surface area contributed by atoms with Crippen LogP contribution in [0, 0.1) is 0 Å². The Kier molecular flexibility index (Phi) is 3.53. The third-order valence-corrected chi connectivity index (χ3v) is 3.41. The maximum absolute atomic E-state index is 12.0. The van der Waals surface area contributed by atoms with Crippen molar-refractivity contribution in [1.29, 1.82) is 0 Å². The van der Waals surface area contributed by atoms with Crippen molar-refractivity contribution in [1.82, 2.24) is 19.9 Å². The standard InChI is InChI=1S/C13H10BrN5O2/c14-8-3-1-7(2-4-8)9(20)5-15-13-18-11-10(12(21)19-13)16-6-17-11/h1-4,6H,5H2,(H3,15,16,17,18,19,21). The molecule has 0 amide bonds. The van der Waals surface area contributed by atoms with Crippen LogP contribution in [-0.2, 0) is 0 Å². The third kappa shape index (κ3) is 2.84. The molecule has 0 atom stereocenters. The van der Waals surface area contributed by atoms with Crippen LogP contribution in [0.3, 0.4) is 0 Å². The normalized spacial score (nSPS) is 10.7. The number of carbonyl (C=O) groups excluding carboxylic acids is 1. The zero-order valence-electron chi connectivity index (χ0n) is 10.7. The fraction of sp³-hybridized carbons (Fsp3) is 0.0769. The second-order valence-electron chi connectivity index (χ2n) is 4.30. The Morgan fingerprint density at radius 2 is 2.05 bits per heavy atom. The van der Waals surface area contributed by atoms with Gasteiger partial charge in [0.1, 0.15) is 0 Å². The Bertz CT molecular complexity index is 853. The summed E-state index contributed by atoms with van der Waals surface area (Å²) in [4.78, 5) is 37.0. The number of nitrogens with zero attached hydrogens (tertiary/aromatic N) is 2. The average molecular weight is 348 g/mol. The highest BCUT2D eigenvalue weighted by molar-refractivity contribution is 9.10. The lowest BCUT2D eigenvalue weighted by Crippen LogP contribution is -2.18. The molecule has 0 fully saturated rings. The zero-order chi connectivity index (χ0) is 14.8. The van der Waals surface area contributed by atoms with E-state index >= 15 is 0 Å². The lowest BCUT2D eigenvalue weighted by atomic mass is 10.1. The summed E-state index contributed by atoms with van der Waals surface area (Å²) in [7, 11) is 0. The maximum Gasteiger partial charge on any atom is 0.278 e. The van der Waals surface area contributed by atoms with E-state index in [0.717, 1.165) is 4.47 Å². The number of hydrogen-bond donors (Lipinski definition) is 3. The van der Waals surface area contributed by atoms with Gasteiger partial charge in [0.2, 0.25) is 5.95 Å². The number of halogens is 1. The Hall–Kier alpha value is -2.48. The van der Waals surface area contributed by atoms with Crippen LogP contribution in [0.5, 0.6) is 0 Å². The van der Waals surface area contributed by atoms with Crippen molar-refractivity contribution >= 4 is 38.8 Å². The number of aromatic nitrogens is 4. The Morgan fingerprint density at radius 1 is 1.29 bits per heavy atom. The van der Waals surface area contributed by atoms with Crippen molar-refractivity contribution in [2.45, 2.75) is 0 Å². The van der Waals surface area contributed by atoms with Crippen LogP contribution in [0.2, 0.25) is 0 Å². The number of fused-ring (bicyclic) bond motifs is 1. The van der Waals surface area contributed by atoms with E-state index in [1.54, 1.807) is 24.3 Å². The van der Waals surface area contributed by atoms with E-state index in [2.05, 4.69) is 41.2 Å². The highest BCUT2D eigenvalue weighted by Crippen LogP contribution is 2.11. The Labute approximate surface area is 127 Å². The first-order valence-corrected chi connectivity index (χ1v) is 6.89. The van der Waals surface area contributed by atoms with Gasteiger partial charge < -0.3 is 10.3 Å². The number of H-pyrrole nitrogens is 2. The smallest absolute Gasteiger partial charge is 0.278 e. The quantitative estimate of drug-likeness (QED) is 0.623. The molecule has 8 heteroatoms. The molecule has 21 heavy (non-hydrogen) atoms. The summed E-state index contributed by atoms with van der Waals surface area (Å²) in [5, 5.41) is 2.80. The van der Waals surface area contributed by atoms with Crippen LogP contribution in [0.15, 0.2) is 39.9 Å². The van der Waals surface area contributed by atoms with Crippen LogP contribution in [0.1, 0.15) is 10.4 Å². The first-order valence-electron chi connectivity index (χ1n) is 6.09. The SMILES string of the molecule is O=C(CNc1nc2nc[nH]c2c(=O)[nH]1)c1ccc(Br)cc1. The molecule has 2 aromatic heterocycles. The first-order chi connectivity index (χ1) is 10.1. The number of nitrogens with one attached hydrogen (secondary N) is 3. The van der Waals surface area contributed by atoms with E-state index in [1.807, 2.05) is 0 Å². The minimum Gasteiger partial charge on any atom is -0.348 e. The van der Waals surface area contributed by atoms with Gasteiger partial charge in [-0.3, -0.25) is 14.6 Å². The average Bonchev–Trinajstić information content (AvgIpc) is 2.94. The van der Waals surface area contributed by atoms with Gasteiger partial charge in [-0.15, -0.1) is 0 Å². The van der Waals surface area contributed by atoms with E-state index in [9.17, 15) is 9.59 Å². The number of Topliss-reactive ketones (excluding diaryl/α,β-unsaturated/α-hetero) is 1. The fourth-order valence-electron chi connectivity index (χ4n) is 1.83. The van der Waals surface area contributed by atoms with Crippen LogP contribution in [0.25, 0.3) is 11.2 Å². The molecule has 0 radical (unpaired) electrons. The van der Waals surface area contributed by atoms with Gasteiger partial charge in [-0.05, 0) is 12.1 Å². The van der Waals surface area contributed by atoms with E-state index in [1.165, 1.54) is 6.33 Å². The molecule has 0 aliphatic heterocycles. The van der Waals surface area contributed by atoms with Gasteiger partial charge >= 0.3 is 0 Å². The largest absolute Gasteiger partial charge is 0.348 e. The molecular weight excluding hydrogens is 338 g/mol. The summed E-state index contributed by atoms with van der Waals surface area (Å²) in [5.41, 5.74) is 0.849. The second-order valence-corrected chi connectivity index (χ2v) is 5.21. The van der Waals surface area contributed by atoms with Gasteiger partial charge in [0.05, 0.1) is 12.9 Å². The van der Waals surface area contributed by atoms with Gasteiger partial charge in [0, 0.05) is 10.0 Å². The minimum atomic E-state index is -0.337. The number of carbonyl (C=O) groups is 1. The summed E-state index contributed by atoms with van der Waals surface area (Å²) in [6.45, 7) is 0.0283. The predicted molar refractivity (Wildman–Crippen MR) is 81.5 cm³/mol. The number of aromatic amines is 2. The van der Waals surface area contributed by atoms with Crippen molar-refractivity contribution < 1.29 is 4.79 Å². The van der Waals surface area contributed by atoms with E-state index in [4.69, 9.17) is 0 Å². The Morgan fingerprint density at radius 3 is 2.81 bits per heavy atom. The molecule has 3 N–H and O–H groups in total. The van der Waals surface area contributed by atoms with Crippen LogP contribution < -0.4 is 10.9 Å². The molecule has 3 rings (SSSR count). The lowest BCUT2D eigenvalue weighted by Gasteiger charge is -2.04. The number of anilines is 1. The van der Waals surface area contributed by atoms with Crippen molar-refractivity contribution in [3.63, 3.8) is 0 Å². The molecular formula is C13H10BrN5O2. The third-order valence-electron chi connectivity index (χ3n) is 2.88. The van der Waals surface area contributed by atoms with Gasteiger partial charge in [-0.25, -0.2) is 4.98 Å². The highest BCUT2D eigenvalue weighted by atomic mass is 79.9. The Balaban J connectivity index is 1.75. The molecule has 0 aliphatic carbocycles. The molecule has 2 heterocycles. The van der Waals surface area contributed by atoms with Crippen molar-refractivity contribution in [2.75, 3.05) is 11.9 Å². The molecule has 0 bridgehead atoms. The molecule has 7 nitrogen and oxygen atoms in total. The van der Waals surface area contributed by atoms with Gasteiger partial charge in [-0.1, -0.05) is 28.1 Å². The fourth-order valence-corrected chi connectivity index (χ4v) is 2.09. The van der Waals surface area contributed by atoms with Gasteiger partial charge in [0.15, 0.2) is 16.9 Å². The lowest BCUT2D eigenvalue weighted by molar-refractivity contribution is 0.101.